The van der Waals surface area contributed by atoms with Gasteiger partial charge in [0.1, 0.15) is 24.1 Å². The number of hydrogen-bond acceptors (Lipinski definition) is 4. The van der Waals surface area contributed by atoms with Crippen molar-refractivity contribution in [2.45, 2.75) is 51.9 Å². The van der Waals surface area contributed by atoms with E-state index in [1.165, 1.54) is 11.0 Å². The lowest BCUT2D eigenvalue weighted by atomic mass is 9.97. The highest BCUT2D eigenvalue weighted by molar-refractivity contribution is 6.30. The Morgan fingerprint density at radius 2 is 1.84 bits per heavy atom. The molecule has 0 radical (unpaired) electrons. The number of hydrogen-bond donors (Lipinski definition) is 0. The number of carbonyl (C=O) groups excluding carboxylic acids is 2. The van der Waals surface area contributed by atoms with Crippen molar-refractivity contribution >= 4 is 23.7 Å². The molecular weight excluding hydrogens is 421 g/mol. The average molecular weight is 448 g/mol. The molecule has 2 aromatic carbocycles. The lowest BCUT2D eigenvalue weighted by Crippen LogP contribution is -2.44. The second-order valence-electron chi connectivity index (χ2n) is 8.80. The number of ether oxygens (including phenoxy) is 2. The molecule has 1 fully saturated rings. The van der Waals surface area contributed by atoms with E-state index in [9.17, 15) is 14.0 Å². The number of rotatable bonds is 5. The Hall–Kier alpha value is -2.60. The number of benzene rings is 2. The minimum atomic E-state index is -0.737. The van der Waals surface area contributed by atoms with Crippen LogP contribution in [-0.2, 0) is 27.3 Å². The van der Waals surface area contributed by atoms with Crippen molar-refractivity contribution in [1.29, 1.82) is 0 Å². The van der Waals surface area contributed by atoms with Crippen LogP contribution in [0.25, 0.3) is 0 Å². The van der Waals surface area contributed by atoms with E-state index < -0.39 is 29.5 Å². The van der Waals surface area contributed by atoms with Gasteiger partial charge in [0, 0.05) is 6.54 Å². The van der Waals surface area contributed by atoms with E-state index in [1.807, 2.05) is 30.3 Å². The third kappa shape index (κ3) is 6.44. The lowest BCUT2D eigenvalue weighted by Gasteiger charge is -2.27. The molecule has 0 spiro atoms. The van der Waals surface area contributed by atoms with Crippen LogP contribution in [0.15, 0.2) is 48.5 Å². The summed E-state index contributed by atoms with van der Waals surface area (Å²) in [6, 6.07) is 13.2. The predicted molar refractivity (Wildman–Crippen MR) is 116 cm³/mol. The van der Waals surface area contributed by atoms with Crippen molar-refractivity contribution < 1.29 is 23.5 Å². The van der Waals surface area contributed by atoms with E-state index >= 15 is 0 Å². The van der Waals surface area contributed by atoms with Gasteiger partial charge in [-0.15, -0.1) is 0 Å². The topological polar surface area (TPSA) is 55.8 Å². The summed E-state index contributed by atoms with van der Waals surface area (Å²) >= 11 is 5.90. The largest absolute Gasteiger partial charge is 0.459 e. The van der Waals surface area contributed by atoms with Gasteiger partial charge in [-0.25, -0.2) is 14.0 Å². The van der Waals surface area contributed by atoms with Crippen LogP contribution < -0.4 is 0 Å². The molecule has 0 N–H and O–H groups in total. The molecule has 1 aliphatic heterocycles. The molecule has 0 saturated carbocycles. The summed E-state index contributed by atoms with van der Waals surface area (Å²) in [6.45, 7) is 5.82. The third-order valence-corrected chi connectivity index (χ3v) is 5.31. The van der Waals surface area contributed by atoms with E-state index in [1.54, 1.807) is 32.9 Å². The van der Waals surface area contributed by atoms with E-state index in [-0.39, 0.29) is 17.5 Å². The van der Waals surface area contributed by atoms with Crippen molar-refractivity contribution in [3.05, 3.63) is 70.5 Å². The zero-order valence-electron chi connectivity index (χ0n) is 17.9. The van der Waals surface area contributed by atoms with Crippen molar-refractivity contribution in [2.24, 2.45) is 5.92 Å². The first-order chi connectivity index (χ1) is 14.6. The number of amides is 1. The van der Waals surface area contributed by atoms with Gasteiger partial charge in [0.2, 0.25) is 0 Å². The highest BCUT2D eigenvalue weighted by atomic mass is 35.5. The second-order valence-corrected chi connectivity index (χ2v) is 9.20. The third-order valence-electron chi connectivity index (χ3n) is 5.02. The molecule has 1 heterocycles. The summed E-state index contributed by atoms with van der Waals surface area (Å²) in [4.78, 5) is 27.1. The zero-order chi connectivity index (χ0) is 22.6. The van der Waals surface area contributed by atoms with E-state index in [4.69, 9.17) is 21.1 Å². The zero-order valence-corrected chi connectivity index (χ0v) is 18.7. The second kappa shape index (κ2) is 9.69. The Bertz CT molecular complexity index is 929. The van der Waals surface area contributed by atoms with Gasteiger partial charge in [-0.05, 0) is 62.8 Å². The fourth-order valence-electron chi connectivity index (χ4n) is 3.64. The maximum absolute atomic E-state index is 13.5. The number of likely N-dealkylation sites (tertiary alicyclic amines) is 1. The molecule has 0 aliphatic carbocycles. The van der Waals surface area contributed by atoms with Crippen LogP contribution in [0.1, 0.15) is 38.3 Å². The van der Waals surface area contributed by atoms with Gasteiger partial charge in [0.15, 0.2) is 0 Å². The van der Waals surface area contributed by atoms with Gasteiger partial charge in [-0.3, -0.25) is 4.90 Å². The molecule has 166 valence electrons. The van der Waals surface area contributed by atoms with Gasteiger partial charge >= 0.3 is 12.1 Å². The van der Waals surface area contributed by atoms with Gasteiger partial charge in [-0.2, -0.15) is 0 Å². The van der Waals surface area contributed by atoms with Crippen LogP contribution in [0.2, 0.25) is 5.02 Å². The summed E-state index contributed by atoms with van der Waals surface area (Å²) in [7, 11) is 0. The molecular formula is C24H27ClFNO4. The molecule has 0 unspecified atom stereocenters. The molecule has 2 aromatic rings. The Kier molecular flexibility index (Phi) is 7.21. The highest BCUT2D eigenvalue weighted by Gasteiger charge is 2.42. The normalized spacial score (nSPS) is 18.7. The molecule has 0 bridgehead atoms. The van der Waals surface area contributed by atoms with Gasteiger partial charge < -0.3 is 9.47 Å². The Morgan fingerprint density at radius 3 is 2.48 bits per heavy atom. The van der Waals surface area contributed by atoms with Crippen molar-refractivity contribution in [3.8, 4) is 0 Å². The summed E-state index contributed by atoms with van der Waals surface area (Å²) in [5.41, 5.74) is 1.03. The van der Waals surface area contributed by atoms with Gasteiger partial charge in [0.25, 0.3) is 0 Å². The number of nitrogens with zero attached hydrogens (tertiary/aromatic N) is 1. The monoisotopic (exact) mass is 447 g/mol. The molecule has 3 rings (SSSR count). The molecule has 7 heteroatoms. The minimum absolute atomic E-state index is 0.0108. The fourth-order valence-corrected chi connectivity index (χ4v) is 3.84. The van der Waals surface area contributed by atoms with Crippen LogP contribution in [0, 0.1) is 11.7 Å². The Balaban J connectivity index is 1.72. The van der Waals surface area contributed by atoms with Crippen molar-refractivity contribution in [3.63, 3.8) is 0 Å². The quantitative estimate of drug-likeness (QED) is 0.576. The standard InChI is InChI=1S/C24H27ClFNO4/c1-24(2,3)31-23(29)27-14-18(11-17-9-10-20(26)19(25)12-17)13-21(27)22(28)30-15-16-7-5-4-6-8-16/h4-10,12,18,21H,11,13-15H2,1-3H3/t18-,21+/m0/s1. The predicted octanol–water partition coefficient (Wildman–Crippen LogP) is 5.39. The first-order valence-electron chi connectivity index (χ1n) is 10.3. The first kappa shape index (κ1) is 23.1. The Labute approximate surface area is 187 Å². The number of esters is 1. The van der Waals surface area contributed by atoms with Gasteiger partial charge in [0.05, 0.1) is 5.02 Å². The summed E-state index contributed by atoms with van der Waals surface area (Å²) in [5, 5.41) is 0.0540. The van der Waals surface area contributed by atoms with Gasteiger partial charge in [-0.1, -0.05) is 48.0 Å². The van der Waals surface area contributed by atoms with Crippen LogP contribution in [-0.4, -0.2) is 35.2 Å². The fraction of sp³-hybridized carbons (Fsp3) is 0.417. The number of halogens is 2. The summed E-state index contributed by atoms with van der Waals surface area (Å²) < 4.78 is 24.5. The Morgan fingerprint density at radius 1 is 1.13 bits per heavy atom. The molecule has 2 atom stereocenters. The van der Waals surface area contributed by atoms with Crippen molar-refractivity contribution in [2.75, 3.05) is 6.54 Å². The van der Waals surface area contributed by atoms with Crippen LogP contribution >= 0.6 is 11.6 Å². The molecule has 5 nitrogen and oxygen atoms in total. The van der Waals surface area contributed by atoms with Crippen LogP contribution in [0.5, 0.6) is 0 Å². The van der Waals surface area contributed by atoms with Crippen molar-refractivity contribution in [1.82, 2.24) is 4.90 Å². The average Bonchev–Trinajstić information content (AvgIpc) is 3.12. The summed E-state index contributed by atoms with van der Waals surface area (Å²) in [6.07, 6.45) is 0.442. The minimum Gasteiger partial charge on any atom is -0.459 e. The maximum Gasteiger partial charge on any atom is 0.411 e. The smallest absolute Gasteiger partial charge is 0.411 e. The van der Waals surface area contributed by atoms with Crippen LogP contribution in [0.4, 0.5) is 9.18 Å². The maximum atomic E-state index is 13.5. The van der Waals surface area contributed by atoms with Crippen LogP contribution in [0.3, 0.4) is 0 Å². The first-order valence-corrected chi connectivity index (χ1v) is 10.6. The molecule has 1 saturated heterocycles. The molecule has 1 aliphatic rings. The molecule has 1 amide bonds. The number of carbonyl (C=O) groups is 2. The summed E-state index contributed by atoms with van der Waals surface area (Å²) in [5.74, 6) is -0.952. The van der Waals surface area contributed by atoms with E-state index in [0.29, 0.717) is 19.4 Å². The molecule has 0 aromatic heterocycles. The highest BCUT2D eigenvalue weighted by Crippen LogP contribution is 2.30. The van der Waals surface area contributed by atoms with E-state index in [2.05, 4.69) is 0 Å². The van der Waals surface area contributed by atoms with E-state index in [0.717, 1.165) is 11.1 Å². The lowest BCUT2D eigenvalue weighted by molar-refractivity contribution is -0.150. The molecule has 31 heavy (non-hydrogen) atoms. The SMILES string of the molecule is CC(C)(C)OC(=O)N1C[C@@H](Cc2ccc(F)c(Cl)c2)C[C@@H]1C(=O)OCc1ccccc1.